The minimum absolute atomic E-state index is 0.132. The van der Waals surface area contributed by atoms with Crippen molar-refractivity contribution >= 4 is 45.2 Å². The summed E-state index contributed by atoms with van der Waals surface area (Å²) in [5.41, 5.74) is 0.788. The van der Waals surface area contributed by atoms with Crippen molar-refractivity contribution in [2.75, 3.05) is 51.8 Å². The van der Waals surface area contributed by atoms with Crippen LogP contribution in [0.25, 0.3) is 32.9 Å². The molecule has 246 valence electrons. The molecule has 4 aromatic rings. The Morgan fingerprint density at radius 2 is 1.89 bits per heavy atom. The Morgan fingerprint density at radius 3 is 2.68 bits per heavy atom. The summed E-state index contributed by atoms with van der Waals surface area (Å²) in [4.78, 5) is 32.6. The lowest BCUT2D eigenvalue weighted by atomic mass is 9.95. The van der Waals surface area contributed by atoms with Crippen LogP contribution < -0.4 is 15.0 Å². The number of carbonyl (C=O) groups is 1. The molecule has 4 fully saturated rings. The van der Waals surface area contributed by atoms with E-state index < -0.39 is 5.82 Å². The summed E-state index contributed by atoms with van der Waals surface area (Å²) >= 11 is 6.64. The first kappa shape index (κ1) is 30.5. The zero-order valence-corrected chi connectivity index (χ0v) is 27.5. The fraction of sp³-hybridized carbons (Fsp3) is 0.486. The average molecular weight is 660 g/mol. The van der Waals surface area contributed by atoms with Crippen molar-refractivity contribution in [2.24, 2.45) is 0 Å². The number of nitrogens with one attached hydrogen (secondary N) is 1. The van der Waals surface area contributed by atoms with E-state index in [9.17, 15) is 4.79 Å². The maximum atomic E-state index is 16.8. The van der Waals surface area contributed by atoms with E-state index in [1.807, 2.05) is 36.4 Å². The molecule has 4 saturated heterocycles. The van der Waals surface area contributed by atoms with Gasteiger partial charge in [-0.3, -0.25) is 9.88 Å². The molecule has 1 N–H and O–H groups in total. The van der Waals surface area contributed by atoms with Crippen molar-refractivity contribution in [3.05, 3.63) is 53.4 Å². The molecule has 6 heterocycles. The van der Waals surface area contributed by atoms with Crippen molar-refractivity contribution < 1.29 is 18.7 Å². The maximum Gasteiger partial charge on any atom is 0.409 e. The van der Waals surface area contributed by atoms with Gasteiger partial charge in [-0.25, -0.2) is 9.18 Å². The number of anilines is 1. The van der Waals surface area contributed by atoms with Crippen LogP contribution in [-0.4, -0.2) is 101 Å². The standard InChI is InChI=1S/C35H39ClFN7O3/c1-42(2)34(45)46-19-24-12-14-35(13-5-15-44(24)35)20-47-33-40-31-26(32(41-33)43-17-22-10-11-23(18-43)39-22)16-38-30(29(31)37)25-8-3-6-21-7-4-9-27(36)28(21)25/h3-4,6-9,16,22-24,39H,5,10-15,17-20H2,1-2H3/t22?,23?,24-,35?/m1/s1. The molecule has 4 aliphatic heterocycles. The molecule has 2 bridgehead atoms. The first-order valence-electron chi connectivity index (χ1n) is 16.6. The van der Waals surface area contributed by atoms with E-state index in [1.54, 1.807) is 20.3 Å². The Morgan fingerprint density at radius 1 is 1.11 bits per heavy atom. The van der Waals surface area contributed by atoms with Gasteiger partial charge in [-0.2, -0.15) is 9.97 Å². The number of hydrogen-bond donors (Lipinski definition) is 1. The molecule has 8 rings (SSSR count). The third-order valence-corrected chi connectivity index (χ3v) is 10.9. The van der Waals surface area contributed by atoms with E-state index in [1.165, 1.54) is 4.90 Å². The van der Waals surface area contributed by atoms with Crippen molar-refractivity contribution in [1.29, 1.82) is 0 Å². The summed E-state index contributed by atoms with van der Waals surface area (Å²) < 4.78 is 28.8. The Kier molecular flexibility index (Phi) is 7.81. The van der Waals surface area contributed by atoms with E-state index in [0.29, 0.717) is 47.1 Å². The molecule has 4 aliphatic rings. The molecule has 47 heavy (non-hydrogen) atoms. The minimum Gasteiger partial charge on any atom is -0.461 e. The first-order chi connectivity index (χ1) is 22.8. The number of nitrogens with zero attached hydrogens (tertiary/aromatic N) is 6. The molecule has 12 heteroatoms. The predicted octanol–water partition coefficient (Wildman–Crippen LogP) is 5.65. The number of benzene rings is 2. The molecule has 4 atom stereocenters. The Balaban J connectivity index is 1.15. The van der Waals surface area contributed by atoms with E-state index in [-0.39, 0.29) is 34.9 Å². The molecule has 0 saturated carbocycles. The second kappa shape index (κ2) is 12.0. The highest BCUT2D eigenvalue weighted by Crippen LogP contribution is 2.43. The third kappa shape index (κ3) is 5.42. The van der Waals surface area contributed by atoms with E-state index in [0.717, 1.165) is 68.9 Å². The summed E-state index contributed by atoms with van der Waals surface area (Å²) in [5, 5.41) is 6.43. The number of halogens is 2. The normalized spacial score (nSPS) is 25.4. The smallest absolute Gasteiger partial charge is 0.409 e. The summed E-state index contributed by atoms with van der Waals surface area (Å²) in [6.07, 6.45) is 7.41. The second-order valence-electron chi connectivity index (χ2n) is 13.7. The van der Waals surface area contributed by atoms with Crippen molar-refractivity contribution in [3.8, 4) is 17.3 Å². The van der Waals surface area contributed by atoms with E-state index in [2.05, 4.69) is 20.1 Å². The number of pyridine rings is 1. The molecular formula is C35H39ClFN7O3. The fourth-order valence-electron chi connectivity index (χ4n) is 8.26. The number of amides is 1. The van der Waals surface area contributed by atoms with Gasteiger partial charge in [-0.15, -0.1) is 0 Å². The lowest BCUT2D eigenvalue weighted by molar-refractivity contribution is 0.0484. The fourth-order valence-corrected chi connectivity index (χ4v) is 8.55. The number of ether oxygens (including phenoxy) is 2. The summed E-state index contributed by atoms with van der Waals surface area (Å²) in [6, 6.07) is 12.4. The van der Waals surface area contributed by atoms with Crippen LogP contribution in [0.1, 0.15) is 38.5 Å². The molecular weight excluding hydrogens is 621 g/mol. The third-order valence-electron chi connectivity index (χ3n) is 10.5. The molecule has 1 amide bonds. The molecule has 0 radical (unpaired) electrons. The van der Waals surface area contributed by atoms with Crippen molar-refractivity contribution in [3.63, 3.8) is 0 Å². The second-order valence-corrected chi connectivity index (χ2v) is 14.1. The van der Waals surface area contributed by atoms with Crippen LogP contribution in [-0.2, 0) is 4.74 Å². The highest BCUT2D eigenvalue weighted by Gasteiger charge is 2.50. The summed E-state index contributed by atoms with van der Waals surface area (Å²) in [6.45, 7) is 3.18. The number of rotatable bonds is 7. The molecule has 0 aliphatic carbocycles. The van der Waals surface area contributed by atoms with Crippen molar-refractivity contribution in [2.45, 2.75) is 62.2 Å². The topological polar surface area (TPSA) is 96.0 Å². The van der Waals surface area contributed by atoms with E-state index in [4.69, 9.17) is 31.0 Å². The van der Waals surface area contributed by atoms with Crippen LogP contribution >= 0.6 is 11.6 Å². The largest absolute Gasteiger partial charge is 0.461 e. The lowest BCUT2D eigenvalue weighted by Gasteiger charge is -2.35. The van der Waals surface area contributed by atoms with Crippen molar-refractivity contribution in [1.82, 2.24) is 30.1 Å². The molecule has 2 aromatic heterocycles. The molecule has 10 nitrogen and oxygen atoms in total. The van der Waals surface area contributed by atoms with Crippen LogP contribution in [0.4, 0.5) is 15.0 Å². The van der Waals surface area contributed by atoms with Crippen LogP contribution in [0.5, 0.6) is 6.01 Å². The van der Waals surface area contributed by atoms with Crippen LogP contribution in [0, 0.1) is 5.82 Å². The van der Waals surface area contributed by atoms with Gasteiger partial charge in [-0.1, -0.05) is 41.9 Å². The van der Waals surface area contributed by atoms with Gasteiger partial charge in [-0.05, 0) is 56.5 Å². The minimum atomic E-state index is -0.522. The number of piperazine rings is 1. The predicted molar refractivity (Wildman–Crippen MR) is 180 cm³/mol. The van der Waals surface area contributed by atoms with Gasteiger partial charge in [0.2, 0.25) is 0 Å². The zero-order chi connectivity index (χ0) is 32.3. The van der Waals surface area contributed by atoms with Crippen LogP contribution in [0.15, 0.2) is 42.6 Å². The van der Waals surface area contributed by atoms with E-state index >= 15 is 4.39 Å². The van der Waals surface area contributed by atoms with Gasteiger partial charge in [0.05, 0.1) is 10.9 Å². The molecule has 0 spiro atoms. The van der Waals surface area contributed by atoms with Crippen LogP contribution in [0.3, 0.4) is 0 Å². The van der Waals surface area contributed by atoms with Gasteiger partial charge in [0.25, 0.3) is 0 Å². The Labute approximate surface area is 278 Å². The SMILES string of the molecule is CN(C)C(=O)OC[C@H]1CCC2(COc3nc(N4CC5CCC(C4)N5)c4cnc(-c5cccc6cccc(Cl)c56)c(F)c4n3)CCCN12. The Bertz CT molecular complexity index is 1840. The van der Waals surface area contributed by atoms with Gasteiger partial charge >= 0.3 is 12.1 Å². The van der Waals surface area contributed by atoms with Gasteiger partial charge in [0.15, 0.2) is 5.82 Å². The Hall–Kier alpha value is -3.80. The lowest BCUT2D eigenvalue weighted by Crippen LogP contribution is -2.51. The number of fused-ring (bicyclic) bond motifs is 5. The summed E-state index contributed by atoms with van der Waals surface area (Å²) in [5.74, 6) is 0.129. The number of aromatic nitrogens is 3. The molecule has 2 aromatic carbocycles. The number of hydrogen-bond acceptors (Lipinski definition) is 9. The average Bonchev–Trinajstić information content (AvgIpc) is 3.75. The highest BCUT2D eigenvalue weighted by atomic mass is 35.5. The number of carbonyl (C=O) groups excluding carboxylic acids is 1. The zero-order valence-electron chi connectivity index (χ0n) is 26.7. The maximum absolute atomic E-state index is 16.8. The monoisotopic (exact) mass is 659 g/mol. The van der Waals surface area contributed by atoms with Gasteiger partial charge in [0, 0.05) is 67.5 Å². The summed E-state index contributed by atoms with van der Waals surface area (Å²) in [7, 11) is 3.38. The van der Waals surface area contributed by atoms with Gasteiger partial charge < -0.3 is 24.6 Å². The quantitative estimate of drug-likeness (QED) is 0.270. The molecule has 3 unspecified atom stereocenters. The van der Waals surface area contributed by atoms with Crippen LogP contribution in [0.2, 0.25) is 5.02 Å². The first-order valence-corrected chi connectivity index (χ1v) is 17.0. The van der Waals surface area contributed by atoms with Gasteiger partial charge in [0.1, 0.15) is 30.2 Å². The highest BCUT2D eigenvalue weighted by molar-refractivity contribution is 6.36.